The minimum absolute atomic E-state index is 0.500. The lowest BCUT2D eigenvalue weighted by atomic mass is 10.2. The Balaban J connectivity index is 1.92. The number of aliphatic imine (C=N–C) groups is 2. The van der Waals surface area contributed by atoms with E-state index in [1.54, 1.807) is 36.4 Å². The van der Waals surface area contributed by atoms with Crippen LogP contribution in [0.2, 0.25) is 20.1 Å². The number of nitrogens with one attached hydrogen (secondary N) is 1. The van der Waals surface area contributed by atoms with Crippen LogP contribution in [0.3, 0.4) is 0 Å². The zero-order valence-corrected chi connectivity index (χ0v) is 17.5. The molecule has 0 amide bonds. The van der Waals surface area contributed by atoms with Gasteiger partial charge in [-0.3, -0.25) is 0 Å². The molecule has 1 heterocycles. The van der Waals surface area contributed by atoms with Crippen LogP contribution in [0.5, 0.6) is 0 Å². The van der Waals surface area contributed by atoms with Crippen molar-refractivity contribution in [2.45, 2.75) is 13.8 Å². The first kappa shape index (κ1) is 20.0. The van der Waals surface area contributed by atoms with E-state index in [1.807, 2.05) is 26.0 Å². The second-order valence-corrected chi connectivity index (χ2v) is 7.45. The van der Waals surface area contributed by atoms with E-state index in [0.29, 0.717) is 31.5 Å². The first-order valence-corrected chi connectivity index (χ1v) is 9.56. The van der Waals surface area contributed by atoms with Gasteiger partial charge in [0.15, 0.2) is 0 Å². The molecule has 0 aliphatic rings. The highest BCUT2D eigenvalue weighted by Crippen LogP contribution is 2.34. The fourth-order valence-corrected chi connectivity index (χ4v) is 3.43. The highest BCUT2D eigenvalue weighted by molar-refractivity contribution is 6.39. The SMILES string of the molecule is CC(=Nc1c(Cl)cccc1Cl)c1ccc(C(C)=Nc2c(Cl)cccc2Cl)[nH]1. The molecule has 138 valence electrons. The average molecular weight is 439 g/mol. The summed E-state index contributed by atoms with van der Waals surface area (Å²) in [6.07, 6.45) is 0. The van der Waals surface area contributed by atoms with E-state index >= 15 is 0 Å². The van der Waals surface area contributed by atoms with E-state index in [2.05, 4.69) is 15.0 Å². The minimum atomic E-state index is 0.500. The van der Waals surface area contributed by atoms with Crippen LogP contribution in [0.1, 0.15) is 25.2 Å². The molecule has 0 spiro atoms. The maximum Gasteiger partial charge on any atom is 0.101 e. The number of aromatic nitrogens is 1. The van der Waals surface area contributed by atoms with Gasteiger partial charge in [0.05, 0.1) is 42.9 Å². The lowest BCUT2D eigenvalue weighted by molar-refractivity contribution is 1.30. The molecule has 1 aromatic heterocycles. The highest BCUT2D eigenvalue weighted by Gasteiger charge is 2.10. The first-order valence-electron chi connectivity index (χ1n) is 8.05. The predicted octanol–water partition coefficient (Wildman–Crippen LogP) is 7.91. The van der Waals surface area contributed by atoms with Gasteiger partial charge in [-0.05, 0) is 50.2 Å². The summed E-state index contributed by atoms with van der Waals surface area (Å²) >= 11 is 24.8. The van der Waals surface area contributed by atoms with Gasteiger partial charge in [0.1, 0.15) is 11.4 Å². The Morgan fingerprint density at radius 3 is 1.30 bits per heavy atom. The third-order valence-electron chi connectivity index (χ3n) is 3.90. The summed E-state index contributed by atoms with van der Waals surface area (Å²) in [5.74, 6) is 0. The van der Waals surface area contributed by atoms with Crippen molar-refractivity contribution in [2.24, 2.45) is 9.98 Å². The summed E-state index contributed by atoms with van der Waals surface area (Å²) in [6, 6.07) is 14.4. The largest absolute Gasteiger partial charge is 0.353 e. The van der Waals surface area contributed by atoms with Crippen molar-refractivity contribution in [3.8, 4) is 0 Å². The van der Waals surface area contributed by atoms with Gasteiger partial charge in [0.25, 0.3) is 0 Å². The summed E-state index contributed by atoms with van der Waals surface area (Å²) < 4.78 is 0. The van der Waals surface area contributed by atoms with Gasteiger partial charge in [0, 0.05) is 0 Å². The first-order chi connectivity index (χ1) is 12.9. The number of H-pyrrole nitrogens is 1. The Hall–Kier alpha value is -1.78. The lowest BCUT2D eigenvalue weighted by Gasteiger charge is -2.04. The highest BCUT2D eigenvalue weighted by atomic mass is 35.5. The van der Waals surface area contributed by atoms with Crippen LogP contribution in [0.15, 0.2) is 58.5 Å². The van der Waals surface area contributed by atoms with Crippen LogP contribution in [0, 0.1) is 0 Å². The zero-order chi connectivity index (χ0) is 19.6. The molecule has 2 aromatic carbocycles. The third kappa shape index (κ3) is 4.56. The molecule has 3 aromatic rings. The molecule has 0 radical (unpaired) electrons. The minimum Gasteiger partial charge on any atom is -0.353 e. The van der Waals surface area contributed by atoms with Crippen LogP contribution in [-0.4, -0.2) is 16.4 Å². The van der Waals surface area contributed by atoms with E-state index in [4.69, 9.17) is 46.4 Å². The van der Waals surface area contributed by atoms with Gasteiger partial charge in [-0.1, -0.05) is 58.5 Å². The Bertz CT molecular complexity index is 929. The molecule has 0 aliphatic carbocycles. The number of hydrogen-bond donors (Lipinski definition) is 1. The molecule has 7 heteroatoms. The maximum absolute atomic E-state index is 6.19. The number of aromatic amines is 1. The monoisotopic (exact) mass is 437 g/mol. The van der Waals surface area contributed by atoms with Crippen molar-refractivity contribution >= 4 is 69.2 Å². The number of halogens is 4. The third-order valence-corrected chi connectivity index (χ3v) is 5.12. The molecule has 1 N–H and O–H groups in total. The lowest BCUT2D eigenvalue weighted by Crippen LogP contribution is -1.99. The standard InChI is InChI=1S/C20H15Cl4N3/c1-11(25-19-13(21)5-3-6-14(19)22)17-9-10-18(27-17)12(2)26-20-15(23)7-4-8-16(20)24/h3-10,27H,1-2H3. The molecule has 27 heavy (non-hydrogen) atoms. The van der Waals surface area contributed by atoms with E-state index in [-0.39, 0.29) is 0 Å². The summed E-state index contributed by atoms with van der Waals surface area (Å²) in [6.45, 7) is 3.76. The molecule has 0 fully saturated rings. The average Bonchev–Trinajstić information content (AvgIpc) is 3.12. The van der Waals surface area contributed by atoms with Gasteiger partial charge in [-0.25, -0.2) is 9.98 Å². The fraction of sp³-hybridized carbons (Fsp3) is 0.100. The van der Waals surface area contributed by atoms with Crippen molar-refractivity contribution in [3.05, 3.63) is 80.0 Å². The Kier molecular flexibility index (Phi) is 6.28. The van der Waals surface area contributed by atoms with E-state index in [1.165, 1.54) is 0 Å². The van der Waals surface area contributed by atoms with Crippen molar-refractivity contribution in [1.82, 2.24) is 4.98 Å². The van der Waals surface area contributed by atoms with Gasteiger partial charge in [-0.2, -0.15) is 0 Å². The fourth-order valence-electron chi connectivity index (χ4n) is 2.46. The zero-order valence-electron chi connectivity index (χ0n) is 14.5. The number of rotatable bonds is 4. The molecule has 3 rings (SSSR count). The topological polar surface area (TPSA) is 40.5 Å². The van der Waals surface area contributed by atoms with Crippen molar-refractivity contribution in [2.75, 3.05) is 0 Å². The Morgan fingerprint density at radius 2 is 0.963 bits per heavy atom. The van der Waals surface area contributed by atoms with Crippen LogP contribution < -0.4 is 0 Å². The van der Waals surface area contributed by atoms with Crippen LogP contribution >= 0.6 is 46.4 Å². The van der Waals surface area contributed by atoms with Gasteiger partial charge < -0.3 is 4.98 Å². The summed E-state index contributed by atoms with van der Waals surface area (Å²) in [4.78, 5) is 12.4. The van der Waals surface area contributed by atoms with E-state index < -0.39 is 0 Å². The molecule has 0 saturated heterocycles. The number of para-hydroxylation sites is 2. The van der Waals surface area contributed by atoms with Crippen LogP contribution in [0.25, 0.3) is 0 Å². The summed E-state index contributed by atoms with van der Waals surface area (Å²) in [5, 5.41) is 2.00. The molecule has 0 aliphatic heterocycles. The second-order valence-electron chi connectivity index (χ2n) is 5.82. The molecule has 0 saturated carbocycles. The van der Waals surface area contributed by atoms with E-state index in [9.17, 15) is 0 Å². The van der Waals surface area contributed by atoms with Gasteiger partial charge >= 0.3 is 0 Å². The quantitative estimate of drug-likeness (QED) is 0.402. The van der Waals surface area contributed by atoms with Crippen molar-refractivity contribution in [1.29, 1.82) is 0 Å². The number of hydrogen-bond acceptors (Lipinski definition) is 2. The molecule has 0 unspecified atom stereocenters. The normalized spacial score (nSPS) is 12.5. The summed E-state index contributed by atoms with van der Waals surface area (Å²) in [7, 11) is 0. The summed E-state index contributed by atoms with van der Waals surface area (Å²) in [5.41, 5.74) is 4.26. The van der Waals surface area contributed by atoms with E-state index in [0.717, 1.165) is 22.8 Å². The second kappa shape index (κ2) is 8.49. The van der Waals surface area contributed by atoms with Crippen molar-refractivity contribution in [3.63, 3.8) is 0 Å². The number of benzene rings is 2. The molecule has 0 bridgehead atoms. The molecule has 0 atom stereocenters. The van der Waals surface area contributed by atoms with Crippen molar-refractivity contribution < 1.29 is 0 Å². The molecular weight excluding hydrogens is 424 g/mol. The Labute approximate surface area is 177 Å². The Morgan fingerprint density at radius 1 is 0.630 bits per heavy atom. The molecular formula is C20H15Cl4N3. The van der Waals surface area contributed by atoms with Crippen LogP contribution in [-0.2, 0) is 0 Å². The number of nitrogens with zero attached hydrogens (tertiary/aromatic N) is 2. The van der Waals surface area contributed by atoms with Gasteiger partial charge in [0.2, 0.25) is 0 Å². The van der Waals surface area contributed by atoms with Gasteiger partial charge in [-0.15, -0.1) is 0 Å². The molecule has 3 nitrogen and oxygen atoms in total. The van der Waals surface area contributed by atoms with Crippen LogP contribution in [0.4, 0.5) is 11.4 Å². The predicted molar refractivity (Wildman–Crippen MR) is 117 cm³/mol. The smallest absolute Gasteiger partial charge is 0.101 e. The maximum atomic E-state index is 6.19.